The lowest BCUT2D eigenvalue weighted by molar-refractivity contribution is -0.117. The second kappa shape index (κ2) is 4.66. The molecule has 3 nitrogen and oxygen atoms in total. The Balaban J connectivity index is 2.29. The number of amides is 1. The summed E-state index contributed by atoms with van der Waals surface area (Å²) in [6, 6.07) is 9.26. The number of nitrogens with one attached hydrogen (secondary N) is 1. The first-order valence-electron chi connectivity index (χ1n) is 3.44. The normalized spacial score (nSPS) is 9.08. The summed E-state index contributed by atoms with van der Waals surface area (Å²) in [5.41, 5.74) is 0. The van der Waals surface area contributed by atoms with Crippen LogP contribution in [-0.4, -0.2) is 5.91 Å². The van der Waals surface area contributed by atoms with E-state index in [1.54, 1.807) is 0 Å². The maximum atomic E-state index is 10.4. The third-order valence-corrected chi connectivity index (χ3v) is 1.71. The van der Waals surface area contributed by atoms with Crippen LogP contribution in [0, 0.1) is 0 Å². The van der Waals surface area contributed by atoms with E-state index < -0.39 is 0 Å². The van der Waals surface area contributed by atoms with Gasteiger partial charge in [0.25, 0.3) is 0 Å². The van der Waals surface area contributed by atoms with Gasteiger partial charge in [0.1, 0.15) is 5.75 Å². The molecule has 0 heterocycles. The first-order valence-corrected chi connectivity index (χ1v) is 4.18. The van der Waals surface area contributed by atoms with Crippen molar-refractivity contribution in [2.75, 3.05) is 0 Å². The maximum absolute atomic E-state index is 10.4. The number of carbonyl (C=O) groups is 1. The zero-order valence-electron chi connectivity index (χ0n) is 6.61. The zero-order valence-corrected chi connectivity index (χ0v) is 7.43. The molecule has 0 aliphatic carbocycles. The molecule has 0 aromatic heterocycles. The molecule has 64 valence electrons. The van der Waals surface area contributed by atoms with Crippen molar-refractivity contribution in [3.05, 3.63) is 30.3 Å². The van der Waals surface area contributed by atoms with Crippen molar-refractivity contribution in [1.29, 1.82) is 0 Å². The number of hydrogen-bond acceptors (Lipinski definition) is 3. The van der Waals surface area contributed by atoms with E-state index in [1.165, 1.54) is 6.92 Å². The van der Waals surface area contributed by atoms with Crippen LogP contribution < -0.4 is 8.91 Å². The Morgan fingerprint density at radius 3 is 2.67 bits per heavy atom. The summed E-state index contributed by atoms with van der Waals surface area (Å²) in [5.74, 6) is 0.590. The van der Waals surface area contributed by atoms with Crippen LogP contribution in [-0.2, 0) is 4.79 Å². The number of hydrogen-bond donors (Lipinski definition) is 1. The van der Waals surface area contributed by atoms with Crippen molar-refractivity contribution in [3.8, 4) is 5.75 Å². The van der Waals surface area contributed by atoms with E-state index in [9.17, 15) is 4.79 Å². The Morgan fingerprint density at radius 2 is 2.08 bits per heavy atom. The minimum atomic E-state index is -0.129. The summed E-state index contributed by atoms with van der Waals surface area (Å²) in [5, 5.41) is 0. The Kier molecular flexibility index (Phi) is 3.47. The first kappa shape index (κ1) is 8.93. The quantitative estimate of drug-likeness (QED) is 0.573. The average molecular weight is 183 g/mol. The summed E-state index contributed by atoms with van der Waals surface area (Å²) in [4.78, 5) is 10.4. The van der Waals surface area contributed by atoms with E-state index in [-0.39, 0.29) is 5.91 Å². The van der Waals surface area contributed by atoms with Gasteiger partial charge < -0.3 is 4.18 Å². The fraction of sp³-hybridized carbons (Fsp3) is 0.125. The predicted octanol–water partition coefficient (Wildman–Crippen LogP) is 1.76. The van der Waals surface area contributed by atoms with Crippen molar-refractivity contribution in [2.45, 2.75) is 6.92 Å². The lowest BCUT2D eigenvalue weighted by atomic mass is 10.3. The summed E-state index contributed by atoms with van der Waals surface area (Å²) < 4.78 is 7.55. The van der Waals surface area contributed by atoms with E-state index >= 15 is 0 Å². The summed E-state index contributed by atoms with van der Waals surface area (Å²) in [7, 11) is 0. The molecule has 0 saturated carbocycles. The second-order valence-electron chi connectivity index (χ2n) is 2.14. The Labute approximate surface area is 75.5 Å². The van der Waals surface area contributed by atoms with Crippen molar-refractivity contribution >= 4 is 18.1 Å². The highest BCUT2D eigenvalue weighted by Crippen LogP contribution is 2.12. The molecule has 12 heavy (non-hydrogen) atoms. The van der Waals surface area contributed by atoms with Gasteiger partial charge in [0.2, 0.25) is 5.91 Å². The van der Waals surface area contributed by atoms with Gasteiger partial charge in [-0.2, -0.15) is 0 Å². The van der Waals surface area contributed by atoms with Crippen LogP contribution in [0.25, 0.3) is 0 Å². The molecule has 0 spiro atoms. The molecule has 0 atom stereocenters. The highest BCUT2D eigenvalue weighted by Gasteiger charge is 1.93. The number of benzene rings is 1. The first-order chi connectivity index (χ1) is 5.79. The molecule has 0 radical (unpaired) electrons. The number of para-hydroxylation sites is 1. The van der Waals surface area contributed by atoms with Gasteiger partial charge in [0.15, 0.2) is 12.2 Å². The molecule has 1 aromatic rings. The molecule has 4 heteroatoms. The standard InChI is InChI=1S/C8H9NO2S/c1-7(10)9-12-11-8-5-3-2-4-6-8/h2-6H,1H3,(H,9,10). The van der Waals surface area contributed by atoms with E-state index in [2.05, 4.69) is 4.72 Å². The maximum Gasteiger partial charge on any atom is 0.229 e. The molecule has 1 amide bonds. The van der Waals surface area contributed by atoms with Gasteiger partial charge in [0, 0.05) is 6.92 Å². The SMILES string of the molecule is CC(=O)NSOc1ccccc1. The molecule has 0 aliphatic heterocycles. The largest absolute Gasteiger partial charge is 0.405 e. The van der Waals surface area contributed by atoms with Gasteiger partial charge in [-0.15, -0.1) is 0 Å². The molecule has 0 fully saturated rings. The van der Waals surface area contributed by atoms with Crippen LogP contribution in [0.5, 0.6) is 5.75 Å². The number of rotatable bonds is 3. The molecule has 0 saturated heterocycles. The van der Waals surface area contributed by atoms with E-state index in [0.717, 1.165) is 18.0 Å². The molecule has 0 bridgehead atoms. The highest BCUT2D eigenvalue weighted by atomic mass is 32.2. The van der Waals surface area contributed by atoms with Gasteiger partial charge >= 0.3 is 0 Å². The Morgan fingerprint density at radius 1 is 1.42 bits per heavy atom. The lowest BCUT2D eigenvalue weighted by Crippen LogP contribution is -2.11. The van der Waals surface area contributed by atoms with Crippen LogP contribution >= 0.6 is 12.2 Å². The molecule has 0 unspecified atom stereocenters. The highest BCUT2D eigenvalue weighted by molar-refractivity contribution is 7.93. The topological polar surface area (TPSA) is 38.3 Å². The Bertz CT molecular complexity index is 250. The predicted molar refractivity (Wildman–Crippen MR) is 48.5 cm³/mol. The molecule has 1 rings (SSSR count). The van der Waals surface area contributed by atoms with Crippen LogP contribution in [0.3, 0.4) is 0 Å². The van der Waals surface area contributed by atoms with Crippen molar-refractivity contribution in [3.63, 3.8) is 0 Å². The van der Waals surface area contributed by atoms with Gasteiger partial charge in [-0.05, 0) is 12.1 Å². The van der Waals surface area contributed by atoms with E-state index in [4.69, 9.17) is 4.18 Å². The van der Waals surface area contributed by atoms with Gasteiger partial charge in [-0.25, -0.2) is 0 Å². The van der Waals surface area contributed by atoms with E-state index in [1.807, 2.05) is 30.3 Å². The summed E-state index contributed by atoms with van der Waals surface area (Å²) in [6.45, 7) is 1.43. The molecular weight excluding hydrogens is 174 g/mol. The Hall–Kier alpha value is -1.16. The monoisotopic (exact) mass is 183 g/mol. The number of carbonyl (C=O) groups excluding carboxylic acids is 1. The third kappa shape index (κ3) is 3.30. The molecule has 1 N–H and O–H groups in total. The molecular formula is C8H9NO2S. The van der Waals surface area contributed by atoms with Crippen LogP contribution in [0.4, 0.5) is 0 Å². The molecule has 1 aromatic carbocycles. The fourth-order valence-corrected chi connectivity index (χ4v) is 0.970. The van der Waals surface area contributed by atoms with Crippen LogP contribution in [0.2, 0.25) is 0 Å². The third-order valence-electron chi connectivity index (χ3n) is 1.07. The summed E-state index contributed by atoms with van der Waals surface area (Å²) in [6.07, 6.45) is 0. The molecule has 0 aliphatic rings. The van der Waals surface area contributed by atoms with Crippen molar-refractivity contribution in [2.24, 2.45) is 0 Å². The minimum Gasteiger partial charge on any atom is -0.405 e. The summed E-state index contributed by atoms with van der Waals surface area (Å²) >= 11 is 0.915. The fourth-order valence-electron chi connectivity index (χ4n) is 0.604. The van der Waals surface area contributed by atoms with Crippen molar-refractivity contribution in [1.82, 2.24) is 4.72 Å². The van der Waals surface area contributed by atoms with Crippen LogP contribution in [0.1, 0.15) is 6.92 Å². The zero-order chi connectivity index (χ0) is 8.81. The minimum absolute atomic E-state index is 0.129. The smallest absolute Gasteiger partial charge is 0.229 e. The van der Waals surface area contributed by atoms with Gasteiger partial charge in [-0.3, -0.25) is 9.52 Å². The average Bonchev–Trinajstić information content (AvgIpc) is 2.05. The lowest BCUT2D eigenvalue weighted by Gasteiger charge is -2.01. The van der Waals surface area contributed by atoms with Crippen molar-refractivity contribution < 1.29 is 8.98 Å². The van der Waals surface area contributed by atoms with Gasteiger partial charge in [0.05, 0.1) is 0 Å². The van der Waals surface area contributed by atoms with E-state index in [0.29, 0.717) is 0 Å². The van der Waals surface area contributed by atoms with Crippen LogP contribution in [0.15, 0.2) is 30.3 Å². The van der Waals surface area contributed by atoms with Gasteiger partial charge in [-0.1, -0.05) is 18.2 Å². The second-order valence-corrected chi connectivity index (χ2v) is 2.68.